The van der Waals surface area contributed by atoms with Crippen molar-refractivity contribution in [3.8, 4) is 0 Å². The second kappa shape index (κ2) is 9.74. The summed E-state index contributed by atoms with van der Waals surface area (Å²) in [6.45, 7) is 11.6. The van der Waals surface area contributed by atoms with Crippen LogP contribution in [0.25, 0.3) is 0 Å². The molecule has 0 saturated carbocycles. The lowest BCUT2D eigenvalue weighted by Crippen LogP contribution is -2.53. The van der Waals surface area contributed by atoms with E-state index in [0.717, 1.165) is 65.2 Å². The van der Waals surface area contributed by atoms with Crippen LogP contribution in [0.5, 0.6) is 0 Å². The van der Waals surface area contributed by atoms with Crippen molar-refractivity contribution < 1.29 is 9.59 Å². The predicted octanol–water partition coefficient (Wildman–Crippen LogP) is 3.24. The van der Waals surface area contributed by atoms with Crippen LogP contribution in [0.15, 0.2) is 30.5 Å². The summed E-state index contributed by atoms with van der Waals surface area (Å²) in [6.07, 6.45) is 5.98. The summed E-state index contributed by atoms with van der Waals surface area (Å²) in [6, 6.07) is 8.54. The van der Waals surface area contributed by atoms with Gasteiger partial charge in [0, 0.05) is 70.2 Å². The first kappa shape index (κ1) is 24.0. The third kappa shape index (κ3) is 5.00. The Balaban J connectivity index is 1.24. The molecule has 188 valence electrons. The fourth-order valence-corrected chi connectivity index (χ4v) is 6.08. The molecule has 0 radical (unpaired) electrons. The van der Waals surface area contributed by atoms with Crippen molar-refractivity contribution in [2.45, 2.75) is 51.6 Å². The molecule has 1 aromatic carbocycles. The Morgan fingerprint density at radius 2 is 1.71 bits per heavy atom. The monoisotopic (exact) mass is 478 g/mol. The van der Waals surface area contributed by atoms with Gasteiger partial charge in [0.15, 0.2) is 5.78 Å². The zero-order valence-corrected chi connectivity index (χ0v) is 21.4. The molecular formula is C27H38N6O2. The molecule has 5 rings (SSSR count). The van der Waals surface area contributed by atoms with E-state index in [0.29, 0.717) is 5.69 Å². The molecule has 3 aliphatic heterocycles. The molecule has 3 fully saturated rings. The highest BCUT2D eigenvalue weighted by atomic mass is 16.2. The lowest BCUT2D eigenvalue weighted by atomic mass is 9.84. The van der Waals surface area contributed by atoms with Crippen LogP contribution in [-0.2, 0) is 6.54 Å². The molecule has 35 heavy (non-hydrogen) atoms. The average molecular weight is 479 g/mol. The fraction of sp³-hybridized carbons (Fsp3) is 0.593. The summed E-state index contributed by atoms with van der Waals surface area (Å²) < 4.78 is 1.31. The summed E-state index contributed by atoms with van der Waals surface area (Å²) in [5, 5.41) is 4.16. The molecule has 0 atom stereocenters. The van der Waals surface area contributed by atoms with E-state index in [9.17, 15) is 9.59 Å². The van der Waals surface area contributed by atoms with Gasteiger partial charge in [0.05, 0.1) is 0 Å². The van der Waals surface area contributed by atoms with E-state index in [1.54, 1.807) is 12.3 Å². The Morgan fingerprint density at radius 3 is 2.40 bits per heavy atom. The van der Waals surface area contributed by atoms with Gasteiger partial charge in [0.25, 0.3) is 0 Å². The van der Waals surface area contributed by atoms with E-state index in [-0.39, 0.29) is 17.4 Å². The topological polar surface area (TPSA) is 64.9 Å². The zero-order chi connectivity index (χ0) is 24.6. The van der Waals surface area contributed by atoms with Gasteiger partial charge in [-0.05, 0) is 75.5 Å². The second-order valence-electron chi connectivity index (χ2n) is 10.7. The summed E-state index contributed by atoms with van der Waals surface area (Å²) in [5.74, 6) is -0.123. The van der Waals surface area contributed by atoms with Crippen LogP contribution < -0.4 is 4.90 Å². The molecule has 3 saturated heterocycles. The van der Waals surface area contributed by atoms with Gasteiger partial charge in [-0.3, -0.25) is 9.69 Å². The minimum atomic E-state index is -0.132. The van der Waals surface area contributed by atoms with E-state index < -0.39 is 0 Å². The SMILES string of the molecule is CC(=O)c1ccn(C(=O)N2CCC3(CCCN3Cc3cc(C)cc(N4CCN(C)CC4)c3)CC2)n1. The maximum atomic E-state index is 13.0. The number of anilines is 1. The number of nitrogens with zero attached hydrogens (tertiary/aromatic N) is 6. The number of piperazine rings is 1. The van der Waals surface area contributed by atoms with E-state index >= 15 is 0 Å². The van der Waals surface area contributed by atoms with E-state index in [1.165, 1.54) is 41.3 Å². The largest absolute Gasteiger partial charge is 0.369 e. The number of carbonyl (C=O) groups excluding carboxylic acids is 2. The lowest BCUT2D eigenvalue weighted by Gasteiger charge is -2.45. The standard InChI is InChI=1S/C27H38N6O2/c1-21-17-23(19-24(18-21)30-15-13-29(3)14-16-30)20-32-9-4-6-27(32)7-11-31(12-8-27)26(35)33-10-5-25(28-33)22(2)34/h5,10,17-19H,4,6-9,11-16,20H2,1-3H3. The van der Waals surface area contributed by atoms with Gasteiger partial charge in [-0.2, -0.15) is 9.78 Å². The molecule has 0 aliphatic carbocycles. The number of amides is 1. The van der Waals surface area contributed by atoms with Crippen molar-refractivity contribution in [1.29, 1.82) is 0 Å². The Morgan fingerprint density at radius 1 is 0.971 bits per heavy atom. The average Bonchev–Trinajstić information content (AvgIpc) is 3.48. The number of aromatic nitrogens is 2. The molecule has 8 heteroatoms. The maximum Gasteiger partial charge on any atom is 0.344 e. The molecule has 3 aliphatic rings. The fourth-order valence-electron chi connectivity index (χ4n) is 6.08. The van der Waals surface area contributed by atoms with E-state index in [2.05, 4.69) is 52.0 Å². The number of Topliss-reactive ketones (excluding diaryl/α,β-unsaturated/α-hetero) is 1. The number of aryl methyl sites for hydroxylation is 1. The van der Waals surface area contributed by atoms with Gasteiger partial charge >= 0.3 is 6.03 Å². The van der Waals surface area contributed by atoms with E-state index in [4.69, 9.17) is 0 Å². The van der Waals surface area contributed by atoms with Crippen molar-refractivity contribution in [2.24, 2.45) is 0 Å². The van der Waals surface area contributed by atoms with Crippen molar-refractivity contribution in [3.05, 3.63) is 47.3 Å². The van der Waals surface area contributed by atoms with Crippen LogP contribution in [0.1, 0.15) is 54.2 Å². The van der Waals surface area contributed by atoms with Crippen molar-refractivity contribution in [2.75, 3.05) is 57.8 Å². The number of hydrogen-bond donors (Lipinski definition) is 0. The highest BCUT2D eigenvalue weighted by Gasteiger charge is 2.43. The van der Waals surface area contributed by atoms with Crippen LogP contribution in [0.3, 0.4) is 0 Å². The Labute approximate surface area is 208 Å². The number of rotatable bonds is 4. The Hall–Kier alpha value is -2.71. The molecule has 1 amide bonds. The maximum absolute atomic E-state index is 13.0. The summed E-state index contributed by atoms with van der Waals surface area (Å²) in [5.41, 5.74) is 4.58. The number of hydrogen-bond acceptors (Lipinski definition) is 6. The van der Waals surface area contributed by atoms with Gasteiger partial charge in [0.2, 0.25) is 0 Å². The Kier molecular flexibility index (Phi) is 6.68. The van der Waals surface area contributed by atoms with E-state index in [1.807, 2.05) is 4.90 Å². The van der Waals surface area contributed by atoms with Gasteiger partial charge in [0.1, 0.15) is 5.69 Å². The molecule has 0 unspecified atom stereocenters. The van der Waals surface area contributed by atoms with Crippen LogP contribution in [-0.4, -0.2) is 94.7 Å². The molecule has 8 nitrogen and oxygen atoms in total. The van der Waals surface area contributed by atoms with Gasteiger partial charge in [-0.15, -0.1) is 0 Å². The first-order valence-corrected chi connectivity index (χ1v) is 13.0. The predicted molar refractivity (Wildman–Crippen MR) is 137 cm³/mol. The van der Waals surface area contributed by atoms with Crippen molar-refractivity contribution in [1.82, 2.24) is 24.5 Å². The summed E-state index contributed by atoms with van der Waals surface area (Å²) >= 11 is 0. The molecule has 4 heterocycles. The molecule has 1 spiro atoms. The van der Waals surface area contributed by atoms with Crippen molar-refractivity contribution >= 4 is 17.5 Å². The molecule has 1 aromatic heterocycles. The first-order chi connectivity index (χ1) is 16.8. The van der Waals surface area contributed by atoms with Gasteiger partial charge in [-0.25, -0.2) is 4.79 Å². The lowest BCUT2D eigenvalue weighted by molar-refractivity contribution is 0.0584. The summed E-state index contributed by atoms with van der Waals surface area (Å²) in [7, 11) is 2.20. The van der Waals surface area contributed by atoms with Crippen LogP contribution in [0, 0.1) is 6.92 Å². The number of carbonyl (C=O) groups is 2. The number of likely N-dealkylation sites (N-methyl/N-ethyl adjacent to an activating group) is 1. The second-order valence-corrected chi connectivity index (χ2v) is 10.7. The smallest absolute Gasteiger partial charge is 0.344 e. The highest BCUT2D eigenvalue weighted by molar-refractivity contribution is 5.92. The molecule has 0 N–H and O–H groups in total. The van der Waals surface area contributed by atoms with Crippen LogP contribution in [0.2, 0.25) is 0 Å². The normalized spacial score (nSPS) is 21.1. The van der Waals surface area contributed by atoms with Gasteiger partial charge < -0.3 is 14.7 Å². The first-order valence-electron chi connectivity index (χ1n) is 13.0. The minimum absolute atomic E-state index is 0.123. The third-order valence-corrected chi connectivity index (χ3v) is 8.22. The summed E-state index contributed by atoms with van der Waals surface area (Å²) in [4.78, 5) is 34.0. The Bertz CT molecular complexity index is 1080. The molecule has 0 bridgehead atoms. The van der Waals surface area contributed by atoms with Crippen LogP contribution >= 0.6 is 0 Å². The molecular weight excluding hydrogens is 440 g/mol. The zero-order valence-electron chi connectivity index (χ0n) is 21.4. The number of likely N-dealkylation sites (tertiary alicyclic amines) is 2. The molecule has 2 aromatic rings. The number of ketones is 1. The highest BCUT2D eigenvalue weighted by Crippen LogP contribution is 2.40. The van der Waals surface area contributed by atoms with Crippen LogP contribution in [0.4, 0.5) is 10.5 Å². The number of benzene rings is 1. The quantitative estimate of drug-likeness (QED) is 0.629. The third-order valence-electron chi connectivity index (χ3n) is 8.22. The minimum Gasteiger partial charge on any atom is -0.369 e. The van der Waals surface area contributed by atoms with Gasteiger partial charge in [-0.1, -0.05) is 6.07 Å². The van der Waals surface area contributed by atoms with Crippen molar-refractivity contribution in [3.63, 3.8) is 0 Å². The number of piperidine rings is 1.